The maximum Gasteiger partial charge on any atom is 0.119 e. The lowest BCUT2D eigenvalue weighted by atomic mass is 9.83. The van der Waals surface area contributed by atoms with Gasteiger partial charge in [-0.15, -0.1) is 0 Å². The van der Waals surface area contributed by atoms with Crippen LogP contribution in [0.25, 0.3) is 0 Å². The standard InChI is InChI=1S/C17H25NO2/c1-17(2)7-4-8-18(11-17)15-9-12-5-6-13(20-3)10-14(12)16(15)19/h5-6,10,15-16,19H,4,7-9,11H2,1-3H3. The zero-order valence-corrected chi connectivity index (χ0v) is 12.7. The molecule has 0 bridgehead atoms. The van der Waals surface area contributed by atoms with E-state index in [0.717, 1.165) is 30.8 Å². The fourth-order valence-electron chi connectivity index (χ4n) is 3.79. The van der Waals surface area contributed by atoms with Gasteiger partial charge in [-0.1, -0.05) is 19.9 Å². The summed E-state index contributed by atoms with van der Waals surface area (Å²) in [6.07, 6.45) is 3.09. The monoisotopic (exact) mass is 275 g/mol. The molecule has 0 spiro atoms. The van der Waals surface area contributed by atoms with Crippen molar-refractivity contribution in [2.24, 2.45) is 5.41 Å². The predicted octanol–water partition coefficient (Wildman–Crippen LogP) is 2.78. The fourth-order valence-corrected chi connectivity index (χ4v) is 3.79. The van der Waals surface area contributed by atoms with Gasteiger partial charge in [0.2, 0.25) is 0 Å². The molecule has 1 N–H and O–H groups in total. The van der Waals surface area contributed by atoms with E-state index in [2.05, 4.69) is 24.8 Å². The number of benzene rings is 1. The molecule has 3 heteroatoms. The Morgan fingerprint density at radius 1 is 1.35 bits per heavy atom. The zero-order chi connectivity index (χ0) is 14.3. The van der Waals surface area contributed by atoms with Gasteiger partial charge in [0.15, 0.2) is 0 Å². The Balaban J connectivity index is 1.81. The molecule has 0 saturated carbocycles. The number of hydrogen-bond donors (Lipinski definition) is 1. The molecule has 110 valence electrons. The number of likely N-dealkylation sites (tertiary alicyclic amines) is 1. The highest BCUT2D eigenvalue weighted by atomic mass is 16.5. The Bertz CT molecular complexity index is 498. The van der Waals surface area contributed by atoms with Gasteiger partial charge in [0.05, 0.1) is 13.2 Å². The number of ether oxygens (including phenoxy) is 1. The Morgan fingerprint density at radius 3 is 2.85 bits per heavy atom. The number of rotatable bonds is 2. The summed E-state index contributed by atoms with van der Waals surface area (Å²) in [6, 6.07) is 6.33. The van der Waals surface area contributed by atoms with Crippen LogP contribution in [0.2, 0.25) is 0 Å². The molecule has 0 aromatic heterocycles. The van der Waals surface area contributed by atoms with Gasteiger partial charge in [0.25, 0.3) is 0 Å². The number of hydrogen-bond acceptors (Lipinski definition) is 3. The summed E-state index contributed by atoms with van der Waals surface area (Å²) < 4.78 is 5.28. The lowest BCUT2D eigenvalue weighted by Gasteiger charge is -2.42. The highest BCUT2D eigenvalue weighted by molar-refractivity contribution is 5.41. The van der Waals surface area contributed by atoms with E-state index in [9.17, 15) is 5.11 Å². The van der Waals surface area contributed by atoms with Crippen LogP contribution in [0.5, 0.6) is 5.75 Å². The molecule has 0 radical (unpaired) electrons. The van der Waals surface area contributed by atoms with Gasteiger partial charge in [-0.25, -0.2) is 0 Å². The molecular formula is C17H25NO2. The van der Waals surface area contributed by atoms with Crippen molar-refractivity contribution in [3.05, 3.63) is 29.3 Å². The average Bonchev–Trinajstić information content (AvgIpc) is 2.74. The number of methoxy groups -OCH3 is 1. The smallest absolute Gasteiger partial charge is 0.119 e. The number of nitrogens with zero attached hydrogens (tertiary/aromatic N) is 1. The fraction of sp³-hybridized carbons (Fsp3) is 0.647. The van der Waals surface area contributed by atoms with Gasteiger partial charge >= 0.3 is 0 Å². The minimum atomic E-state index is -0.381. The molecule has 1 saturated heterocycles. The molecule has 1 aliphatic carbocycles. The van der Waals surface area contributed by atoms with Crippen molar-refractivity contribution in [1.29, 1.82) is 0 Å². The second kappa shape index (κ2) is 5.05. The number of aliphatic hydroxyl groups is 1. The van der Waals surface area contributed by atoms with Crippen molar-refractivity contribution in [3.63, 3.8) is 0 Å². The summed E-state index contributed by atoms with van der Waals surface area (Å²) in [4.78, 5) is 2.49. The molecule has 1 heterocycles. The second-order valence-electron chi connectivity index (χ2n) is 7.02. The van der Waals surface area contributed by atoms with E-state index < -0.39 is 0 Å². The van der Waals surface area contributed by atoms with E-state index in [4.69, 9.17) is 4.74 Å². The van der Waals surface area contributed by atoms with Gasteiger partial charge in [0.1, 0.15) is 5.75 Å². The molecule has 1 fully saturated rings. The molecule has 1 aromatic carbocycles. The summed E-state index contributed by atoms with van der Waals surface area (Å²) in [5, 5.41) is 10.7. The first-order valence-electron chi connectivity index (χ1n) is 7.59. The molecule has 3 nitrogen and oxygen atoms in total. The first-order valence-corrected chi connectivity index (χ1v) is 7.59. The quantitative estimate of drug-likeness (QED) is 0.901. The van der Waals surface area contributed by atoms with Gasteiger partial charge in [-0.05, 0) is 54.5 Å². The van der Waals surface area contributed by atoms with Crippen molar-refractivity contribution in [2.75, 3.05) is 20.2 Å². The molecule has 2 aliphatic rings. The Kier molecular flexibility index (Phi) is 3.51. The minimum Gasteiger partial charge on any atom is -0.497 e. The molecular weight excluding hydrogens is 250 g/mol. The Labute approximate surface area is 121 Å². The highest BCUT2D eigenvalue weighted by Gasteiger charge is 2.38. The predicted molar refractivity (Wildman–Crippen MR) is 80.0 cm³/mol. The number of fused-ring (bicyclic) bond motifs is 1. The summed E-state index contributed by atoms with van der Waals surface area (Å²) in [6.45, 7) is 6.85. The second-order valence-corrected chi connectivity index (χ2v) is 7.02. The lowest BCUT2D eigenvalue weighted by Crippen LogP contribution is -2.47. The van der Waals surface area contributed by atoms with Crippen LogP contribution in [0.15, 0.2) is 18.2 Å². The minimum absolute atomic E-state index is 0.233. The maximum absolute atomic E-state index is 10.7. The van der Waals surface area contributed by atoms with Crippen LogP contribution in [0.1, 0.15) is 43.9 Å². The van der Waals surface area contributed by atoms with Crippen LogP contribution < -0.4 is 4.74 Å². The van der Waals surface area contributed by atoms with Crippen molar-refractivity contribution < 1.29 is 9.84 Å². The van der Waals surface area contributed by atoms with E-state index in [1.165, 1.54) is 18.4 Å². The third-order valence-corrected chi connectivity index (χ3v) is 4.86. The van der Waals surface area contributed by atoms with Crippen LogP contribution in [0, 0.1) is 5.41 Å². The van der Waals surface area contributed by atoms with Crippen LogP contribution >= 0.6 is 0 Å². The molecule has 3 rings (SSSR count). The van der Waals surface area contributed by atoms with Crippen LogP contribution in [0.3, 0.4) is 0 Å². The van der Waals surface area contributed by atoms with Crippen LogP contribution in [0.4, 0.5) is 0 Å². The number of piperidine rings is 1. The third kappa shape index (κ3) is 2.45. The molecule has 2 unspecified atom stereocenters. The summed E-state index contributed by atoms with van der Waals surface area (Å²) >= 11 is 0. The first kappa shape index (κ1) is 13.9. The molecule has 20 heavy (non-hydrogen) atoms. The van der Waals surface area contributed by atoms with Crippen molar-refractivity contribution in [1.82, 2.24) is 4.90 Å². The van der Waals surface area contributed by atoms with Crippen molar-refractivity contribution in [2.45, 2.75) is 45.3 Å². The zero-order valence-electron chi connectivity index (χ0n) is 12.7. The van der Waals surface area contributed by atoms with E-state index in [1.54, 1.807) is 7.11 Å². The van der Waals surface area contributed by atoms with Gasteiger partial charge in [0, 0.05) is 12.6 Å². The molecule has 1 aromatic rings. The Hall–Kier alpha value is -1.06. The van der Waals surface area contributed by atoms with Gasteiger partial charge in [-0.2, -0.15) is 0 Å². The third-order valence-electron chi connectivity index (χ3n) is 4.86. The normalized spacial score (nSPS) is 29.2. The van der Waals surface area contributed by atoms with E-state index >= 15 is 0 Å². The van der Waals surface area contributed by atoms with E-state index in [1.807, 2.05) is 12.1 Å². The van der Waals surface area contributed by atoms with Gasteiger partial charge < -0.3 is 9.84 Å². The summed E-state index contributed by atoms with van der Waals surface area (Å²) in [7, 11) is 1.67. The lowest BCUT2D eigenvalue weighted by molar-refractivity contribution is 0.0146. The van der Waals surface area contributed by atoms with Crippen LogP contribution in [-0.4, -0.2) is 36.2 Å². The van der Waals surface area contributed by atoms with E-state index in [-0.39, 0.29) is 12.1 Å². The molecule has 2 atom stereocenters. The topological polar surface area (TPSA) is 32.7 Å². The Morgan fingerprint density at radius 2 is 2.15 bits per heavy atom. The average molecular weight is 275 g/mol. The number of aliphatic hydroxyl groups excluding tert-OH is 1. The first-order chi connectivity index (χ1) is 9.50. The largest absolute Gasteiger partial charge is 0.497 e. The SMILES string of the molecule is COc1ccc2c(c1)C(O)C(N1CCCC(C)(C)C1)C2. The van der Waals surface area contributed by atoms with Crippen LogP contribution in [-0.2, 0) is 6.42 Å². The van der Waals surface area contributed by atoms with Crippen molar-refractivity contribution in [3.8, 4) is 5.75 Å². The molecule has 0 amide bonds. The maximum atomic E-state index is 10.7. The summed E-state index contributed by atoms with van der Waals surface area (Å²) in [5.74, 6) is 0.836. The van der Waals surface area contributed by atoms with E-state index in [0.29, 0.717) is 5.41 Å². The van der Waals surface area contributed by atoms with Crippen molar-refractivity contribution >= 4 is 0 Å². The highest BCUT2D eigenvalue weighted by Crippen LogP contribution is 2.39. The molecule has 1 aliphatic heterocycles. The summed E-state index contributed by atoms with van der Waals surface area (Å²) in [5.41, 5.74) is 2.69. The van der Waals surface area contributed by atoms with Gasteiger partial charge in [-0.3, -0.25) is 4.90 Å².